The highest BCUT2D eigenvalue weighted by molar-refractivity contribution is 7.99. The van der Waals surface area contributed by atoms with E-state index in [0.717, 1.165) is 11.5 Å². The normalized spacial score (nSPS) is 18.7. The largest absolute Gasteiger partial charge is 0.383 e. The van der Waals surface area contributed by atoms with Crippen molar-refractivity contribution in [1.82, 2.24) is 4.90 Å². The number of anilines is 1. The van der Waals surface area contributed by atoms with Gasteiger partial charge in [-0.15, -0.1) is 0 Å². The molecule has 1 aromatic carbocycles. The summed E-state index contributed by atoms with van der Waals surface area (Å²) in [7, 11) is 1.62. The van der Waals surface area contributed by atoms with Gasteiger partial charge in [0.05, 0.1) is 4.92 Å². The standard InChI is InChI=1S/C13H17N3O3S/c1-9-8-20-6-5-15(9)13(17)10-3-4-11(14-2)12(7-10)16(18)19/h3-4,7,9,14H,5-6,8H2,1-2H3. The van der Waals surface area contributed by atoms with E-state index in [4.69, 9.17) is 0 Å². The number of nitrogens with one attached hydrogen (secondary N) is 1. The van der Waals surface area contributed by atoms with Crippen LogP contribution in [-0.4, -0.2) is 46.9 Å². The molecule has 1 aliphatic heterocycles. The first-order valence-corrected chi connectivity index (χ1v) is 7.55. The molecule has 20 heavy (non-hydrogen) atoms. The zero-order valence-corrected chi connectivity index (χ0v) is 12.3. The number of nitro benzene ring substituents is 1. The highest BCUT2D eigenvalue weighted by Gasteiger charge is 2.26. The second kappa shape index (κ2) is 6.13. The van der Waals surface area contributed by atoms with E-state index in [9.17, 15) is 14.9 Å². The van der Waals surface area contributed by atoms with E-state index in [-0.39, 0.29) is 17.6 Å². The lowest BCUT2D eigenvalue weighted by Crippen LogP contribution is -2.44. The Kier molecular flexibility index (Phi) is 4.49. The van der Waals surface area contributed by atoms with Crippen LogP contribution in [0.15, 0.2) is 18.2 Å². The third-order valence-corrected chi connectivity index (χ3v) is 4.53. The van der Waals surface area contributed by atoms with Gasteiger partial charge in [-0.25, -0.2) is 0 Å². The van der Waals surface area contributed by atoms with Crippen molar-refractivity contribution in [1.29, 1.82) is 0 Å². The molecule has 0 aromatic heterocycles. The van der Waals surface area contributed by atoms with Crippen LogP contribution in [0.4, 0.5) is 11.4 Å². The number of amides is 1. The summed E-state index contributed by atoms with van der Waals surface area (Å²) in [4.78, 5) is 24.8. The van der Waals surface area contributed by atoms with E-state index in [1.807, 2.05) is 18.7 Å². The number of rotatable bonds is 3. The first-order valence-electron chi connectivity index (χ1n) is 6.39. The van der Waals surface area contributed by atoms with E-state index in [1.165, 1.54) is 6.07 Å². The second-order valence-corrected chi connectivity index (χ2v) is 5.81. The maximum absolute atomic E-state index is 12.5. The highest BCUT2D eigenvalue weighted by atomic mass is 32.2. The van der Waals surface area contributed by atoms with E-state index < -0.39 is 4.92 Å². The van der Waals surface area contributed by atoms with Gasteiger partial charge in [-0.1, -0.05) is 0 Å². The summed E-state index contributed by atoms with van der Waals surface area (Å²) in [6.07, 6.45) is 0. The summed E-state index contributed by atoms with van der Waals surface area (Å²) in [5, 5.41) is 13.8. The number of hydrogen-bond acceptors (Lipinski definition) is 5. The minimum atomic E-state index is -0.474. The zero-order chi connectivity index (χ0) is 14.7. The summed E-state index contributed by atoms with van der Waals surface area (Å²) in [6, 6.07) is 4.72. The van der Waals surface area contributed by atoms with Gasteiger partial charge in [0.25, 0.3) is 11.6 Å². The Morgan fingerprint density at radius 2 is 2.30 bits per heavy atom. The van der Waals surface area contributed by atoms with Gasteiger partial charge in [-0.2, -0.15) is 11.8 Å². The van der Waals surface area contributed by atoms with Crippen LogP contribution < -0.4 is 5.32 Å². The lowest BCUT2D eigenvalue weighted by atomic mass is 10.1. The molecule has 1 amide bonds. The summed E-state index contributed by atoms with van der Waals surface area (Å²) in [6.45, 7) is 2.69. The molecule has 2 rings (SSSR count). The van der Waals surface area contributed by atoms with E-state index in [2.05, 4.69) is 5.32 Å². The van der Waals surface area contributed by atoms with Crippen LogP contribution in [0.25, 0.3) is 0 Å². The fourth-order valence-electron chi connectivity index (χ4n) is 2.22. The quantitative estimate of drug-likeness (QED) is 0.683. The third kappa shape index (κ3) is 2.87. The predicted octanol–water partition coefficient (Wildman–Crippen LogP) is 2.21. The molecule has 1 aromatic rings. The minimum absolute atomic E-state index is 0.0719. The number of carbonyl (C=O) groups excluding carboxylic acids is 1. The van der Waals surface area contributed by atoms with Crippen molar-refractivity contribution in [3.05, 3.63) is 33.9 Å². The average Bonchev–Trinajstić information content (AvgIpc) is 2.46. The molecule has 7 heteroatoms. The molecule has 0 bridgehead atoms. The summed E-state index contributed by atoms with van der Waals surface area (Å²) in [5.41, 5.74) is 0.709. The summed E-state index contributed by atoms with van der Waals surface area (Å²) < 4.78 is 0. The molecule has 1 heterocycles. The van der Waals surface area contributed by atoms with Crippen LogP contribution in [0, 0.1) is 10.1 Å². The first-order chi connectivity index (χ1) is 9.54. The number of nitrogens with zero attached hydrogens (tertiary/aromatic N) is 2. The number of carbonyl (C=O) groups is 1. The van der Waals surface area contributed by atoms with Gasteiger partial charge in [-0.05, 0) is 19.1 Å². The Morgan fingerprint density at radius 3 is 2.90 bits per heavy atom. The molecule has 1 aliphatic rings. The lowest BCUT2D eigenvalue weighted by molar-refractivity contribution is -0.384. The zero-order valence-electron chi connectivity index (χ0n) is 11.5. The number of thioether (sulfide) groups is 1. The fourth-order valence-corrected chi connectivity index (χ4v) is 3.24. The maximum Gasteiger partial charge on any atom is 0.293 e. The molecule has 1 fully saturated rings. The SMILES string of the molecule is CNc1ccc(C(=O)N2CCSCC2C)cc1[N+](=O)[O-]. The third-order valence-electron chi connectivity index (χ3n) is 3.34. The topological polar surface area (TPSA) is 75.5 Å². The van der Waals surface area contributed by atoms with Gasteiger partial charge in [0, 0.05) is 42.8 Å². The van der Waals surface area contributed by atoms with Gasteiger partial charge >= 0.3 is 0 Å². The van der Waals surface area contributed by atoms with Crippen molar-refractivity contribution in [2.75, 3.05) is 30.4 Å². The van der Waals surface area contributed by atoms with Crippen LogP contribution in [0.5, 0.6) is 0 Å². The van der Waals surface area contributed by atoms with Gasteiger partial charge in [0.2, 0.25) is 0 Å². The first kappa shape index (κ1) is 14.6. The highest BCUT2D eigenvalue weighted by Crippen LogP contribution is 2.27. The Hall–Kier alpha value is -1.76. The van der Waals surface area contributed by atoms with Crippen molar-refractivity contribution < 1.29 is 9.72 Å². The molecule has 6 nitrogen and oxygen atoms in total. The minimum Gasteiger partial charge on any atom is -0.383 e. The Balaban J connectivity index is 2.30. The molecule has 0 saturated carbocycles. The maximum atomic E-state index is 12.5. The van der Waals surface area contributed by atoms with Gasteiger partial charge < -0.3 is 10.2 Å². The molecule has 0 spiro atoms. The van der Waals surface area contributed by atoms with Crippen LogP contribution in [0.3, 0.4) is 0 Å². The lowest BCUT2D eigenvalue weighted by Gasteiger charge is -2.33. The molecule has 1 N–H and O–H groups in total. The smallest absolute Gasteiger partial charge is 0.293 e. The number of hydrogen-bond donors (Lipinski definition) is 1. The molecule has 0 radical (unpaired) electrons. The number of benzene rings is 1. The molecular weight excluding hydrogens is 278 g/mol. The van der Waals surface area contributed by atoms with Crippen molar-refractivity contribution in [2.45, 2.75) is 13.0 Å². The van der Waals surface area contributed by atoms with E-state index in [1.54, 1.807) is 24.1 Å². The van der Waals surface area contributed by atoms with Crippen molar-refractivity contribution >= 4 is 29.0 Å². The number of nitro groups is 1. The van der Waals surface area contributed by atoms with Gasteiger partial charge in [0.1, 0.15) is 5.69 Å². The van der Waals surface area contributed by atoms with Crippen molar-refractivity contribution in [3.8, 4) is 0 Å². The Morgan fingerprint density at radius 1 is 1.55 bits per heavy atom. The van der Waals surface area contributed by atoms with Crippen molar-refractivity contribution in [3.63, 3.8) is 0 Å². The van der Waals surface area contributed by atoms with E-state index in [0.29, 0.717) is 17.8 Å². The molecule has 1 atom stereocenters. The molecule has 108 valence electrons. The van der Waals surface area contributed by atoms with Crippen LogP contribution >= 0.6 is 11.8 Å². The molecule has 1 unspecified atom stereocenters. The molecule has 1 saturated heterocycles. The Bertz CT molecular complexity index is 536. The van der Waals surface area contributed by atoms with Crippen LogP contribution in [-0.2, 0) is 0 Å². The van der Waals surface area contributed by atoms with Gasteiger partial charge in [0.15, 0.2) is 0 Å². The van der Waals surface area contributed by atoms with Crippen LogP contribution in [0.2, 0.25) is 0 Å². The van der Waals surface area contributed by atoms with Crippen LogP contribution in [0.1, 0.15) is 17.3 Å². The molecule has 0 aliphatic carbocycles. The monoisotopic (exact) mass is 295 g/mol. The van der Waals surface area contributed by atoms with Crippen molar-refractivity contribution in [2.24, 2.45) is 0 Å². The summed E-state index contributed by atoms with van der Waals surface area (Å²) >= 11 is 1.82. The van der Waals surface area contributed by atoms with E-state index >= 15 is 0 Å². The summed E-state index contributed by atoms with van der Waals surface area (Å²) in [5.74, 6) is 1.68. The second-order valence-electron chi connectivity index (χ2n) is 4.66. The average molecular weight is 295 g/mol. The van der Waals surface area contributed by atoms with Gasteiger partial charge in [-0.3, -0.25) is 14.9 Å². The Labute approximate surface area is 121 Å². The predicted molar refractivity (Wildman–Crippen MR) is 80.5 cm³/mol. The fraction of sp³-hybridized carbons (Fsp3) is 0.462. The molecular formula is C13H17N3O3S.